The second-order valence-electron chi connectivity index (χ2n) is 7.07. The minimum Gasteiger partial charge on any atom is -0.398 e. The summed E-state index contributed by atoms with van der Waals surface area (Å²) in [5, 5.41) is -1.10. The lowest BCUT2D eigenvalue weighted by atomic mass is 9.89. The average molecular weight is 405 g/mol. The summed E-state index contributed by atoms with van der Waals surface area (Å²) < 4.78 is 38.4. The molecule has 1 aliphatic rings. The van der Waals surface area contributed by atoms with Crippen molar-refractivity contribution >= 4 is 21.3 Å². The van der Waals surface area contributed by atoms with Crippen LogP contribution in [-0.4, -0.2) is 44.1 Å². The molecule has 0 amide bonds. The van der Waals surface area contributed by atoms with Gasteiger partial charge in [0.1, 0.15) is 11.2 Å². The number of benzene rings is 2. The minimum atomic E-state index is -3.74. The summed E-state index contributed by atoms with van der Waals surface area (Å²) in [6.45, 7) is 1.32. The summed E-state index contributed by atoms with van der Waals surface area (Å²) in [4.78, 5) is 14.5. The summed E-state index contributed by atoms with van der Waals surface area (Å²) >= 11 is 0. The number of nitrogens with zero attached hydrogens (tertiary/aromatic N) is 1. The number of nitrogen functional groups attached to an aromatic ring is 1. The van der Waals surface area contributed by atoms with Crippen LogP contribution in [0.1, 0.15) is 23.2 Å². The molecule has 1 heterocycles. The van der Waals surface area contributed by atoms with E-state index in [0.717, 1.165) is 0 Å². The molecule has 4 N–H and O–H groups in total. The van der Waals surface area contributed by atoms with Crippen molar-refractivity contribution in [3.05, 3.63) is 59.9 Å². The molecular formula is C20H24FN3O3S. The van der Waals surface area contributed by atoms with Gasteiger partial charge < -0.3 is 16.4 Å². The van der Waals surface area contributed by atoms with Crippen molar-refractivity contribution in [3.63, 3.8) is 0 Å². The Morgan fingerprint density at radius 1 is 1.11 bits per heavy atom. The number of likely N-dealkylation sites (tertiary alicyclic amines) is 1. The fraction of sp³-hybridized carbons (Fsp3) is 0.350. The standard InChI is InChI=1S/C20H24FN3O3S/c21-16-7-5-14(6-8-16)20(25)15-9-11-24(12-10-15)13-19(23)28(26,27)18-4-2-1-3-17(18)22/h1-8,15,19H,9-13,22-23H2. The number of piperidine rings is 1. The van der Waals surface area contributed by atoms with Crippen LogP contribution < -0.4 is 11.5 Å². The molecular weight excluding hydrogens is 381 g/mol. The number of hydrogen-bond donors (Lipinski definition) is 2. The van der Waals surface area contributed by atoms with Crippen molar-refractivity contribution in [3.8, 4) is 0 Å². The quantitative estimate of drug-likeness (QED) is 0.563. The first-order valence-corrected chi connectivity index (χ1v) is 10.7. The van der Waals surface area contributed by atoms with E-state index in [1.807, 2.05) is 4.90 Å². The van der Waals surface area contributed by atoms with E-state index in [4.69, 9.17) is 11.5 Å². The summed E-state index contributed by atoms with van der Waals surface area (Å²) in [6.07, 6.45) is 1.22. The second kappa shape index (κ2) is 8.38. The zero-order valence-corrected chi connectivity index (χ0v) is 16.2. The zero-order valence-electron chi connectivity index (χ0n) is 15.4. The van der Waals surface area contributed by atoms with Crippen LogP contribution in [-0.2, 0) is 9.84 Å². The van der Waals surface area contributed by atoms with E-state index in [1.165, 1.54) is 36.4 Å². The normalized spacial score (nSPS) is 17.4. The number of carbonyl (C=O) groups excluding carboxylic acids is 1. The Kier molecular flexibility index (Phi) is 6.12. The van der Waals surface area contributed by atoms with Crippen LogP contribution in [0.25, 0.3) is 0 Å². The number of nitrogens with two attached hydrogens (primary N) is 2. The molecule has 1 aliphatic heterocycles. The number of ketones is 1. The van der Waals surface area contributed by atoms with E-state index in [1.54, 1.807) is 12.1 Å². The predicted octanol–water partition coefficient (Wildman–Crippen LogP) is 2.06. The van der Waals surface area contributed by atoms with Crippen molar-refractivity contribution in [2.75, 3.05) is 25.4 Å². The maximum atomic E-state index is 13.0. The molecule has 1 saturated heterocycles. The Balaban J connectivity index is 1.59. The van der Waals surface area contributed by atoms with Gasteiger partial charge in [-0.25, -0.2) is 12.8 Å². The van der Waals surface area contributed by atoms with Crippen molar-refractivity contribution in [2.45, 2.75) is 23.1 Å². The van der Waals surface area contributed by atoms with E-state index in [0.29, 0.717) is 31.5 Å². The van der Waals surface area contributed by atoms with Crippen molar-refractivity contribution in [2.24, 2.45) is 11.7 Å². The summed E-state index contributed by atoms with van der Waals surface area (Å²) in [7, 11) is -3.74. The van der Waals surface area contributed by atoms with Crippen LogP contribution in [0, 0.1) is 11.7 Å². The maximum absolute atomic E-state index is 13.0. The Hall–Kier alpha value is -2.29. The van der Waals surface area contributed by atoms with Crippen molar-refractivity contribution < 1.29 is 17.6 Å². The number of Topliss-reactive ketones (excluding diaryl/α,β-unsaturated/α-hetero) is 1. The molecule has 6 nitrogen and oxygen atoms in total. The van der Waals surface area contributed by atoms with Crippen LogP contribution in [0.15, 0.2) is 53.4 Å². The van der Waals surface area contributed by atoms with Gasteiger partial charge in [-0.1, -0.05) is 12.1 Å². The largest absolute Gasteiger partial charge is 0.398 e. The smallest absolute Gasteiger partial charge is 0.197 e. The molecule has 2 aromatic carbocycles. The van der Waals surface area contributed by atoms with Gasteiger partial charge >= 0.3 is 0 Å². The summed E-state index contributed by atoms with van der Waals surface area (Å²) in [5.41, 5.74) is 12.5. The second-order valence-corrected chi connectivity index (χ2v) is 9.20. The summed E-state index contributed by atoms with van der Waals surface area (Å²) in [5.74, 6) is -0.534. The van der Waals surface area contributed by atoms with E-state index < -0.39 is 15.2 Å². The highest BCUT2D eigenvalue weighted by Crippen LogP contribution is 2.24. The highest BCUT2D eigenvalue weighted by molar-refractivity contribution is 7.92. The number of halogens is 1. The number of carbonyl (C=O) groups is 1. The molecule has 0 aromatic heterocycles. The fourth-order valence-electron chi connectivity index (χ4n) is 3.48. The lowest BCUT2D eigenvalue weighted by molar-refractivity contribution is 0.0840. The van der Waals surface area contributed by atoms with Gasteiger partial charge in [0.15, 0.2) is 15.6 Å². The molecule has 1 atom stereocenters. The Labute approximate surface area is 164 Å². The van der Waals surface area contributed by atoms with Gasteiger partial charge in [-0.15, -0.1) is 0 Å². The Bertz CT molecular complexity index is 939. The minimum absolute atomic E-state index is 0.00590. The van der Waals surface area contributed by atoms with Crippen molar-refractivity contribution in [1.82, 2.24) is 4.90 Å². The first-order chi connectivity index (χ1) is 13.3. The lowest BCUT2D eigenvalue weighted by Crippen LogP contribution is -2.46. The van der Waals surface area contributed by atoms with Gasteiger partial charge in [-0.3, -0.25) is 4.79 Å². The SMILES string of the molecule is Nc1ccccc1S(=O)(=O)C(N)CN1CCC(C(=O)c2ccc(F)cc2)CC1. The molecule has 8 heteroatoms. The molecule has 1 unspecified atom stereocenters. The van der Waals surface area contributed by atoms with E-state index in [9.17, 15) is 17.6 Å². The van der Waals surface area contributed by atoms with Gasteiger partial charge in [-0.05, 0) is 62.3 Å². The van der Waals surface area contributed by atoms with Gasteiger partial charge in [0, 0.05) is 18.0 Å². The third-order valence-electron chi connectivity index (χ3n) is 5.15. The third-order valence-corrected chi connectivity index (χ3v) is 7.08. The topological polar surface area (TPSA) is 106 Å². The monoisotopic (exact) mass is 405 g/mol. The molecule has 0 radical (unpaired) electrons. The molecule has 2 aromatic rings. The molecule has 1 fully saturated rings. The molecule has 150 valence electrons. The Morgan fingerprint density at radius 3 is 2.32 bits per heavy atom. The summed E-state index contributed by atoms with van der Waals surface area (Å²) in [6, 6.07) is 11.8. The molecule has 0 saturated carbocycles. The predicted molar refractivity (Wildman–Crippen MR) is 106 cm³/mol. The maximum Gasteiger partial charge on any atom is 0.197 e. The van der Waals surface area contributed by atoms with Crippen LogP contribution in [0.5, 0.6) is 0 Å². The molecule has 3 rings (SSSR count). The Morgan fingerprint density at radius 2 is 1.71 bits per heavy atom. The average Bonchev–Trinajstić information content (AvgIpc) is 2.69. The van der Waals surface area contributed by atoms with Gasteiger partial charge in [0.2, 0.25) is 0 Å². The highest BCUT2D eigenvalue weighted by Gasteiger charge is 2.31. The van der Waals surface area contributed by atoms with E-state index in [2.05, 4.69) is 0 Å². The number of anilines is 1. The molecule has 28 heavy (non-hydrogen) atoms. The van der Waals surface area contributed by atoms with Crippen LogP contribution in [0.4, 0.5) is 10.1 Å². The third kappa shape index (κ3) is 4.40. The first-order valence-electron chi connectivity index (χ1n) is 9.15. The zero-order chi connectivity index (χ0) is 20.3. The van der Waals surface area contributed by atoms with Crippen LogP contribution >= 0.6 is 0 Å². The van der Waals surface area contributed by atoms with Crippen molar-refractivity contribution in [1.29, 1.82) is 0 Å². The lowest BCUT2D eigenvalue weighted by Gasteiger charge is -2.32. The number of sulfone groups is 1. The highest BCUT2D eigenvalue weighted by atomic mass is 32.2. The molecule has 0 bridgehead atoms. The van der Waals surface area contributed by atoms with Crippen LogP contribution in [0.3, 0.4) is 0 Å². The number of rotatable bonds is 6. The number of para-hydroxylation sites is 1. The van der Waals surface area contributed by atoms with Gasteiger partial charge in [0.25, 0.3) is 0 Å². The van der Waals surface area contributed by atoms with E-state index >= 15 is 0 Å². The van der Waals surface area contributed by atoms with Gasteiger partial charge in [0.05, 0.1) is 10.6 Å². The number of hydrogen-bond acceptors (Lipinski definition) is 6. The van der Waals surface area contributed by atoms with Gasteiger partial charge in [-0.2, -0.15) is 0 Å². The molecule has 0 aliphatic carbocycles. The first kappa shape index (κ1) is 20.4. The fourth-order valence-corrected chi connectivity index (χ4v) is 4.88. The van der Waals surface area contributed by atoms with E-state index in [-0.39, 0.29) is 34.6 Å². The molecule has 0 spiro atoms. The van der Waals surface area contributed by atoms with Crippen LogP contribution in [0.2, 0.25) is 0 Å².